The Balaban J connectivity index is 1.10. The smallest absolute Gasteiger partial charge is 0.313 e. The first-order valence-electron chi connectivity index (χ1n) is 21.0. The van der Waals surface area contributed by atoms with Crippen molar-refractivity contribution in [1.29, 1.82) is 0 Å². The average molecular weight is 746 g/mol. The Morgan fingerprint density at radius 1 is 0.818 bits per heavy atom. The van der Waals surface area contributed by atoms with Gasteiger partial charge < -0.3 is 19.8 Å². The largest absolute Gasteiger partial charge is 0.448 e. The highest BCUT2D eigenvalue weighted by molar-refractivity contribution is 6.10. The molecule has 2 aromatic carbocycles. The number of hydrogen-bond donors (Lipinski definition) is 2. The van der Waals surface area contributed by atoms with Gasteiger partial charge in [0.05, 0.1) is 23.7 Å². The lowest BCUT2D eigenvalue weighted by molar-refractivity contribution is -0.187. The van der Waals surface area contributed by atoms with E-state index in [-0.39, 0.29) is 41.5 Å². The Labute approximate surface area is 326 Å². The van der Waals surface area contributed by atoms with E-state index in [1.807, 2.05) is 75.1 Å². The van der Waals surface area contributed by atoms with Gasteiger partial charge in [-0.2, -0.15) is 0 Å². The lowest BCUT2D eigenvalue weighted by atomic mass is 9.32. The summed E-state index contributed by atoms with van der Waals surface area (Å²) in [5.41, 5.74) is -1.94. The Morgan fingerprint density at radius 2 is 1.47 bits per heavy atom. The van der Waals surface area contributed by atoms with Gasteiger partial charge in [0.25, 0.3) is 5.91 Å². The molecule has 0 aromatic heterocycles. The number of benzene rings is 2. The number of Topliss-reactive ketones (excluding diaryl/α,β-unsaturated/α-hetero) is 1. The van der Waals surface area contributed by atoms with E-state index in [0.29, 0.717) is 37.8 Å². The summed E-state index contributed by atoms with van der Waals surface area (Å²) in [5, 5.41) is 24.3. The van der Waals surface area contributed by atoms with Crippen LogP contribution in [0.25, 0.3) is 11.1 Å². The van der Waals surface area contributed by atoms with Crippen molar-refractivity contribution < 1.29 is 29.3 Å². The third kappa shape index (κ3) is 4.43. The van der Waals surface area contributed by atoms with E-state index in [0.717, 1.165) is 55.2 Å². The summed E-state index contributed by atoms with van der Waals surface area (Å²) >= 11 is 0. The third-order valence-electron chi connectivity index (χ3n) is 17.9. The van der Waals surface area contributed by atoms with Gasteiger partial charge in [-0.1, -0.05) is 107 Å². The molecule has 7 heteroatoms. The molecule has 8 aliphatic rings. The molecule has 4 bridgehead atoms. The lowest BCUT2D eigenvalue weighted by Crippen LogP contribution is -2.68. The maximum absolute atomic E-state index is 15.2. The van der Waals surface area contributed by atoms with E-state index < -0.39 is 44.4 Å². The summed E-state index contributed by atoms with van der Waals surface area (Å²) in [6.45, 7) is 13.2. The molecular formula is C48H59NO6. The maximum atomic E-state index is 15.2. The van der Waals surface area contributed by atoms with Crippen LogP contribution in [-0.4, -0.2) is 63.2 Å². The van der Waals surface area contributed by atoms with Crippen LogP contribution >= 0.6 is 0 Å². The number of carbonyl (C=O) groups is 3. The zero-order chi connectivity index (χ0) is 39.0. The van der Waals surface area contributed by atoms with Crippen LogP contribution in [0.1, 0.15) is 116 Å². The van der Waals surface area contributed by atoms with Gasteiger partial charge in [-0.05, 0) is 99.5 Å². The summed E-state index contributed by atoms with van der Waals surface area (Å²) < 4.78 is 6.09. The second-order valence-electron chi connectivity index (χ2n) is 20.0. The molecule has 292 valence electrons. The highest BCUT2D eigenvalue weighted by Crippen LogP contribution is 2.78. The molecule has 1 saturated heterocycles. The summed E-state index contributed by atoms with van der Waals surface area (Å²) in [4.78, 5) is 45.1. The van der Waals surface area contributed by atoms with Crippen molar-refractivity contribution in [2.24, 2.45) is 44.3 Å². The molecule has 2 spiro atoms. The van der Waals surface area contributed by atoms with Crippen LogP contribution in [0.3, 0.4) is 0 Å². The zero-order valence-electron chi connectivity index (χ0n) is 33.6. The van der Waals surface area contributed by atoms with Crippen molar-refractivity contribution in [3.63, 3.8) is 0 Å². The van der Waals surface area contributed by atoms with E-state index in [2.05, 4.69) is 44.2 Å². The van der Waals surface area contributed by atoms with Crippen LogP contribution in [0.5, 0.6) is 0 Å². The predicted molar refractivity (Wildman–Crippen MR) is 212 cm³/mol. The van der Waals surface area contributed by atoms with Gasteiger partial charge in [0, 0.05) is 39.3 Å². The lowest BCUT2D eigenvalue weighted by Gasteiger charge is -2.71. The Hall–Kier alpha value is -3.55. The number of amides is 1. The minimum atomic E-state index is -1.24. The molecule has 2 N–H and O–H groups in total. The Kier molecular flexibility index (Phi) is 7.92. The molecule has 1 heterocycles. The van der Waals surface area contributed by atoms with Crippen molar-refractivity contribution in [3.05, 3.63) is 84.0 Å². The fraction of sp³-hybridized carbons (Fsp3) is 0.604. The zero-order valence-corrected chi connectivity index (χ0v) is 33.6. The van der Waals surface area contributed by atoms with Gasteiger partial charge in [-0.15, -0.1) is 0 Å². The normalized spacial score (nSPS) is 42.9. The maximum Gasteiger partial charge on any atom is 0.313 e. The molecule has 10 atom stereocenters. The van der Waals surface area contributed by atoms with Gasteiger partial charge >= 0.3 is 5.97 Å². The number of aliphatic hydroxyl groups excluding tert-OH is 1. The number of ketones is 1. The number of rotatable bonds is 8. The van der Waals surface area contributed by atoms with Gasteiger partial charge in [-0.3, -0.25) is 14.4 Å². The predicted octanol–water partition coefficient (Wildman–Crippen LogP) is 8.49. The summed E-state index contributed by atoms with van der Waals surface area (Å²) in [6, 6.07) is 18.2. The molecule has 7 aliphatic carbocycles. The molecule has 5 fully saturated rings. The molecule has 4 saturated carbocycles. The van der Waals surface area contributed by atoms with E-state index in [9.17, 15) is 19.8 Å². The molecule has 2 aromatic rings. The van der Waals surface area contributed by atoms with Crippen LogP contribution in [0.15, 0.2) is 78.4 Å². The number of ether oxygens (including phenoxy) is 1. The SMILES string of the molecule is CCCN(CC1(O)CCC2C34C=CC5(C=C3C(=O)c3ccc(-c6ccccc6)cc3)CC(O)CCC5(C)C4CCC21C)C(=O)C12CCC(C)(C(=O)O1)C2(C)C. The number of nitrogens with zero attached hydrogens (tertiary/aromatic N) is 1. The van der Waals surface area contributed by atoms with Crippen LogP contribution in [0, 0.1) is 44.3 Å². The van der Waals surface area contributed by atoms with Crippen LogP contribution in [0.2, 0.25) is 0 Å². The van der Waals surface area contributed by atoms with Crippen molar-refractivity contribution in [1.82, 2.24) is 4.90 Å². The fourth-order valence-corrected chi connectivity index (χ4v) is 14.0. The number of allylic oxidation sites excluding steroid dienone is 4. The molecule has 1 amide bonds. The van der Waals surface area contributed by atoms with Crippen molar-refractivity contribution >= 4 is 17.7 Å². The first-order valence-corrected chi connectivity index (χ1v) is 21.0. The molecule has 1 aliphatic heterocycles. The first kappa shape index (κ1) is 37.1. The standard InChI is InChI=1S/C48H59NO6/c1-7-27-49(39(52)48-26-23-44(6,40(53)55-48)41(48,2)3)30-46(54)22-19-37-43(46,5)21-18-36-42(4)20-17-34(50)28-45(42)24-25-47(36,37)35(29-45)38(51)33-15-13-32(14-16-33)31-11-9-8-10-12-31/h8-16,24-25,29,34,36-37,50,54H,7,17-23,26-28,30H2,1-6H3. The summed E-state index contributed by atoms with van der Waals surface area (Å²) in [6.07, 6.45) is 13.5. The number of fused-ring (bicyclic) bond motifs is 3. The molecule has 10 rings (SSSR count). The molecule has 7 nitrogen and oxygen atoms in total. The van der Waals surface area contributed by atoms with Crippen LogP contribution in [0.4, 0.5) is 0 Å². The number of esters is 1. The quantitative estimate of drug-likeness (QED) is 0.160. The summed E-state index contributed by atoms with van der Waals surface area (Å²) in [5.74, 6) is -0.297. The van der Waals surface area contributed by atoms with E-state index in [4.69, 9.17) is 4.74 Å². The highest BCUT2D eigenvalue weighted by Gasteiger charge is 2.78. The van der Waals surface area contributed by atoms with Crippen molar-refractivity contribution in [3.8, 4) is 11.1 Å². The van der Waals surface area contributed by atoms with E-state index >= 15 is 4.79 Å². The number of hydrogen-bond acceptors (Lipinski definition) is 6. The summed E-state index contributed by atoms with van der Waals surface area (Å²) in [7, 11) is 0. The van der Waals surface area contributed by atoms with Crippen molar-refractivity contribution in [2.75, 3.05) is 13.1 Å². The van der Waals surface area contributed by atoms with Gasteiger partial charge in [0.1, 0.15) is 0 Å². The van der Waals surface area contributed by atoms with Crippen LogP contribution in [-0.2, 0) is 14.3 Å². The minimum absolute atomic E-state index is 0.0339. The fourth-order valence-electron chi connectivity index (χ4n) is 14.0. The van der Waals surface area contributed by atoms with E-state index in [1.54, 1.807) is 0 Å². The average Bonchev–Trinajstić information content (AvgIpc) is 3.62. The first-order chi connectivity index (χ1) is 26.0. The monoisotopic (exact) mass is 745 g/mol. The van der Waals surface area contributed by atoms with Gasteiger partial charge in [0.15, 0.2) is 11.4 Å². The Morgan fingerprint density at radius 3 is 2.13 bits per heavy atom. The highest BCUT2D eigenvalue weighted by atomic mass is 16.6. The third-order valence-corrected chi connectivity index (χ3v) is 17.9. The second-order valence-corrected chi connectivity index (χ2v) is 20.0. The van der Waals surface area contributed by atoms with Gasteiger partial charge in [0.2, 0.25) is 0 Å². The van der Waals surface area contributed by atoms with Gasteiger partial charge in [-0.25, -0.2) is 0 Å². The number of carbonyl (C=O) groups excluding carboxylic acids is 3. The van der Waals surface area contributed by atoms with Crippen LogP contribution < -0.4 is 0 Å². The Bertz CT molecular complexity index is 2020. The van der Waals surface area contributed by atoms with E-state index in [1.165, 1.54) is 0 Å². The topological polar surface area (TPSA) is 104 Å². The second kappa shape index (κ2) is 11.8. The molecule has 55 heavy (non-hydrogen) atoms. The minimum Gasteiger partial charge on any atom is -0.448 e. The van der Waals surface area contributed by atoms with Crippen molar-refractivity contribution in [2.45, 2.75) is 123 Å². The number of aliphatic hydroxyl groups is 2. The molecule has 0 radical (unpaired) electrons. The molecular weight excluding hydrogens is 687 g/mol. The molecule has 10 unspecified atom stereocenters.